The smallest absolute Gasteiger partial charge is 0.317 e. The first-order valence-corrected chi connectivity index (χ1v) is 6.52. The Bertz CT molecular complexity index is 638. The lowest BCUT2D eigenvalue weighted by Gasteiger charge is -2.14. The fourth-order valence-corrected chi connectivity index (χ4v) is 1.95. The predicted molar refractivity (Wildman–Crippen MR) is 80.2 cm³/mol. The average Bonchev–Trinajstić information content (AvgIpc) is 2.72. The Kier molecular flexibility index (Phi) is 3.53. The van der Waals surface area contributed by atoms with Crippen LogP contribution in [0.2, 0.25) is 0 Å². The van der Waals surface area contributed by atoms with Gasteiger partial charge in [-0.05, 0) is 18.6 Å². The van der Waals surface area contributed by atoms with Gasteiger partial charge in [-0.1, -0.05) is 39.0 Å². The summed E-state index contributed by atoms with van der Waals surface area (Å²) in [5, 5.41) is 7.24. The summed E-state index contributed by atoms with van der Waals surface area (Å²) in [5.41, 5.74) is 8.02. The Hall–Kier alpha value is -2.30. The number of benzene rings is 1. The number of carbonyl (C=O) groups excluding carboxylic acids is 1. The highest BCUT2D eigenvalue weighted by Gasteiger charge is 2.21. The number of primary amides is 1. The molecule has 0 fully saturated rings. The summed E-state index contributed by atoms with van der Waals surface area (Å²) in [6.07, 6.45) is 0. The van der Waals surface area contributed by atoms with Crippen molar-refractivity contribution in [2.45, 2.75) is 33.1 Å². The molecular formula is C15H20N4O. The summed E-state index contributed by atoms with van der Waals surface area (Å²) < 4.78 is 1.72. The van der Waals surface area contributed by atoms with E-state index in [2.05, 4.69) is 31.2 Å². The third-order valence-corrected chi connectivity index (χ3v) is 3.07. The van der Waals surface area contributed by atoms with Gasteiger partial charge in [0.15, 0.2) is 0 Å². The molecular weight excluding hydrogens is 252 g/mol. The number of anilines is 1. The Morgan fingerprint density at radius 2 is 1.95 bits per heavy atom. The van der Waals surface area contributed by atoms with E-state index in [1.54, 1.807) is 4.68 Å². The minimum atomic E-state index is -0.597. The van der Waals surface area contributed by atoms with Crippen LogP contribution in [-0.2, 0) is 5.41 Å². The molecule has 106 valence electrons. The van der Waals surface area contributed by atoms with Crippen LogP contribution in [0.25, 0.3) is 5.69 Å². The molecule has 1 aromatic carbocycles. The molecule has 0 aliphatic carbocycles. The van der Waals surface area contributed by atoms with E-state index >= 15 is 0 Å². The number of para-hydroxylation sites is 1. The maximum absolute atomic E-state index is 11.2. The number of nitrogens with zero attached hydrogens (tertiary/aromatic N) is 2. The number of hydrogen-bond donors (Lipinski definition) is 2. The SMILES string of the molecule is Cc1ccccc1-n1nc(C(C)(C)C)cc1NC(N)=O. The summed E-state index contributed by atoms with van der Waals surface area (Å²) in [5.74, 6) is 0.580. The third kappa shape index (κ3) is 2.82. The number of nitrogens with one attached hydrogen (secondary N) is 1. The lowest BCUT2D eigenvalue weighted by molar-refractivity contribution is 0.259. The second-order valence-corrected chi connectivity index (χ2v) is 5.85. The zero-order valence-electron chi connectivity index (χ0n) is 12.3. The first kappa shape index (κ1) is 14.1. The van der Waals surface area contributed by atoms with Gasteiger partial charge in [0, 0.05) is 11.5 Å². The van der Waals surface area contributed by atoms with Crippen molar-refractivity contribution in [2.75, 3.05) is 5.32 Å². The summed E-state index contributed by atoms with van der Waals surface area (Å²) in [6.45, 7) is 8.23. The van der Waals surface area contributed by atoms with Gasteiger partial charge in [0.1, 0.15) is 5.82 Å². The summed E-state index contributed by atoms with van der Waals surface area (Å²) in [6, 6.07) is 9.13. The number of nitrogens with two attached hydrogens (primary N) is 1. The molecule has 0 radical (unpaired) electrons. The normalized spacial score (nSPS) is 11.4. The first-order valence-electron chi connectivity index (χ1n) is 6.52. The highest BCUT2D eigenvalue weighted by molar-refractivity contribution is 5.87. The first-order chi connectivity index (χ1) is 9.29. The summed E-state index contributed by atoms with van der Waals surface area (Å²) in [7, 11) is 0. The second kappa shape index (κ2) is 5.00. The molecule has 0 saturated heterocycles. The van der Waals surface area contributed by atoms with Gasteiger partial charge in [-0.3, -0.25) is 5.32 Å². The molecule has 5 nitrogen and oxygen atoms in total. The Labute approximate surface area is 118 Å². The molecule has 5 heteroatoms. The molecule has 0 bridgehead atoms. The number of amides is 2. The van der Waals surface area contributed by atoms with Crippen LogP contribution >= 0.6 is 0 Å². The van der Waals surface area contributed by atoms with E-state index < -0.39 is 6.03 Å². The molecule has 2 rings (SSSR count). The fraction of sp³-hybridized carbons (Fsp3) is 0.333. The van der Waals surface area contributed by atoms with Crippen molar-refractivity contribution in [3.05, 3.63) is 41.6 Å². The van der Waals surface area contributed by atoms with E-state index in [1.807, 2.05) is 37.3 Å². The minimum Gasteiger partial charge on any atom is -0.351 e. The van der Waals surface area contributed by atoms with Crippen molar-refractivity contribution in [2.24, 2.45) is 5.73 Å². The Balaban J connectivity index is 2.59. The van der Waals surface area contributed by atoms with Crippen LogP contribution in [0, 0.1) is 6.92 Å². The molecule has 1 heterocycles. The van der Waals surface area contributed by atoms with Crippen LogP contribution in [0.3, 0.4) is 0 Å². The average molecular weight is 272 g/mol. The maximum atomic E-state index is 11.2. The molecule has 2 amide bonds. The van der Waals surface area contributed by atoms with Gasteiger partial charge in [0.2, 0.25) is 0 Å². The molecule has 0 saturated carbocycles. The van der Waals surface area contributed by atoms with Crippen molar-refractivity contribution in [3.63, 3.8) is 0 Å². The van der Waals surface area contributed by atoms with E-state index in [4.69, 9.17) is 5.73 Å². The highest BCUT2D eigenvalue weighted by atomic mass is 16.2. The fourth-order valence-electron chi connectivity index (χ4n) is 1.95. The van der Waals surface area contributed by atoms with Gasteiger partial charge in [-0.15, -0.1) is 0 Å². The van der Waals surface area contributed by atoms with E-state index in [0.29, 0.717) is 5.82 Å². The largest absolute Gasteiger partial charge is 0.351 e. The molecule has 2 aromatic rings. The molecule has 0 atom stereocenters. The molecule has 0 aliphatic heterocycles. The lowest BCUT2D eigenvalue weighted by atomic mass is 9.92. The van der Waals surface area contributed by atoms with Crippen LogP contribution in [0.5, 0.6) is 0 Å². The van der Waals surface area contributed by atoms with E-state index in [0.717, 1.165) is 16.9 Å². The van der Waals surface area contributed by atoms with Gasteiger partial charge in [-0.25, -0.2) is 9.48 Å². The monoisotopic (exact) mass is 272 g/mol. The number of rotatable bonds is 2. The minimum absolute atomic E-state index is 0.109. The van der Waals surface area contributed by atoms with Crippen LogP contribution < -0.4 is 11.1 Å². The predicted octanol–water partition coefficient (Wildman–Crippen LogP) is 2.97. The molecule has 0 unspecified atom stereocenters. The number of hydrogen-bond acceptors (Lipinski definition) is 2. The number of carbonyl (C=O) groups is 1. The zero-order chi connectivity index (χ0) is 14.9. The van der Waals surface area contributed by atoms with Gasteiger partial charge < -0.3 is 5.73 Å². The topological polar surface area (TPSA) is 72.9 Å². The highest BCUT2D eigenvalue weighted by Crippen LogP contribution is 2.27. The Morgan fingerprint density at radius 1 is 1.30 bits per heavy atom. The quantitative estimate of drug-likeness (QED) is 0.882. The van der Waals surface area contributed by atoms with Crippen LogP contribution in [0.1, 0.15) is 32.0 Å². The summed E-state index contributed by atoms with van der Waals surface area (Å²) in [4.78, 5) is 11.2. The molecule has 0 spiro atoms. The molecule has 0 aliphatic rings. The van der Waals surface area contributed by atoms with Crippen molar-refractivity contribution in [1.29, 1.82) is 0 Å². The lowest BCUT2D eigenvalue weighted by Crippen LogP contribution is -2.21. The molecule has 20 heavy (non-hydrogen) atoms. The van der Waals surface area contributed by atoms with E-state index in [-0.39, 0.29) is 5.41 Å². The van der Waals surface area contributed by atoms with Crippen LogP contribution in [0.15, 0.2) is 30.3 Å². The number of aromatic nitrogens is 2. The van der Waals surface area contributed by atoms with Crippen molar-refractivity contribution < 1.29 is 4.79 Å². The van der Waals surface area contributed by atoms with Gasteiger partial charge in [0.25, 0.3) is 0 Å². The summed E-state index contributed by atoms with van der Waals surface area (Å²) >= 11 is 0. The van der Waals surface area contributed by atoms with Crippen molar-refractivity contribution in [1.82, 2.24) is 9.78 Å². The van der Waals surface area contributed by atoms with Crippen LogP contribution in [-0.4, -0.2) is 15.8 Å². The van der Waals surface area contributed by atoms with E-state index in [1.165, 1.54) is 0 Å². The van der Waals surface area contributed by atoms with Gasteiger partial charge in [-0.2, -0.15) is 5.10 Å². The molecule has 3 N–H and O–H groups in total. The maximum Gasteiger partial charge on any atom is 0.317 e. The van der Waals surface area contributed by atoms with Crippen molar-refractivity contribution >= 4 is 11.8 Å². The van der Waals surface area contributed by atoms with E-state index in [9.17, 15) is 4.79 Å². The molecule has 1 aromatic heterocycles. The number of urea groups is 1. The third-order valence-electron chi connectivity index (χ3n) is 3.07. The van der Waals surface area contributed by atoms with Crippen molar-refractivity contribution in [3.8, 4) is 5.69 Å². The number of aryl methyl sites for hydroxylation is 1. The second-order valence-electron chi connectivity index (χ2n) is 5.85. The van der Waals surface area contributed by atoms with Gasteiger partial charge in [0.05, 0.1) is 11.4 Å². The van der Waals surface area contributed by atoms with Gasteiger partial charge >= 0.3 is 6.03 Å². The standard InChI is InChI=1S/C15H20N4O/c1-10-7-5-6-8-11(10)19-13(17-14(16)20)9-12(18-19)15(2,3)4/h5-9H,1-4H3,(H3,16,17,20). The Morgan fingerprint density at radius 3 is 2.50 bits per heavy atom. The van der Waals surface area contributed by atoms with Crippen LogP contribution in [0.4, 0.5) is 10.6 Å². The zero-order valence-corrected chi connectivity index (χ0v) is 12.3.